The van der Waals surface area contributed by atoms with Crippen molar-refractivity contribution in [3.05, 3.63) is 35.4 Å². The second-order valence-electron chi connectivity index (χ2n) is 8.18. The Kier molecular flexibility index (Phi) is 8.60. The van der Waals surface area contributed by atoms with Crippen molar-refractivity contribution in [1.82, 2.24) is 10.2 Å². The number of guanidine groups is 1. The van der Waals surface area contributed by atoms with Gasteiger partial charge in [0.1, 0.15) is 0 Å². The highest BCUT2D eigenvalue weighted by Gasteiger charge is 2.30. The zero-order valence-electron chi connectivity index (χ0n) is 17.2. The molecule has 5 nitrogen and oxygen atoms in total. The zero-order chi connectivity index (χ0) is 19.4. The van der Waals surface area contributed by atoms with Gasteiger partial charge in [-0.1, -0.05) is 31.2 Å². The van der Waals surface area contributed by atoms with E-state index in [1.165, 1.54) is 11.1 Å². The molecule has 0 bridgehead atoms. The molecule has 28 heavy (non-hydrogen) atoms. The zero-order valence-corrected chi connectivity index (χ0v) is 20.4. The van der Waals surface area contributed by atoms with Crippen LogP contribution in [0, 0.1) is 12.8 Å². The summed E-state index contributed by atoms with van der Waals surface area (Å²) >= 11 is 0. The van der Waals surface area contributed by atoms with Crippen molar-refractivity contribution in [3.63, 3.8) is 0 Å². The highest BCUT2D eigenvalue weighted by atomic mass is 127. The summed E-state index contributed by atoms with van der Waals surface area (Å²) in [6.07, 6.45) is 2.91. The first-order chi connectivity index (χ1) is 12.9. The fraction of sp³-hybridized carbons (Fsp3) is 0.667. The first-order valence-corrected chi connectivity index (χ1v) is 12.0. The van der Waals surface area contributed by atoms with Crippen molar-refractivity contribution in [1.29, 1.82) is 0 Å². The molecule has 0 aromatic heterocycles. The number of halogens is 1. The minimum absolute atomic E-state index is 0. The van der Waals surface area contributed by atoms with Crippen LogP contribution in [0.1, 0.15) is 50.2 Å². The molecule has 3 unspecified atom stereocenters. The summed E-state index contributed by atoms with van der Waals surface area (Å²) in [5, 5.41) is 3.57. The first kappa shape index (κ1) is 23.4. The molecule has 0 aliphatic carbocycles. The van der Waals surface area contributed by atoms with Crippen molar-refractivity contribution in [3.8, 4) is 0 Å². The lowest BCUT2D eigenvalue weighted by Gasteiger charge is -2.25. The van der Waals surface area contributed by atoms with Crippen LogP contribution in [-0.4, -0.2) is 56.5 Å². The predicted molar refractivity (Wildman–Crippen MR) is 127 cm³/mol. The molecule has 1 N–H and O–H groups in total. The number of hydrogen-bond acceptors (Lipinski definition) is 3. The van der Waals surface area contributed by atoms with E-state index in [0.717, 1.165) is 38.3 Å². The minimum atomic E-state index is -2.84. The smallest absolute Gasteiger partial charge is 0.194 e. The average Bonchev–Trinajstić information content (AvgIpc) is 3.25. The fourth-order valence-electron chi connectivity index (χ4n) is 4.04. The van der Waals surface area contributed by atoms with E-state index in [1.54, 1.807) is 0 Å². The number of aliphatic imine (C=N–C) groups is 1. The quantitative estimate of drug-likeness (QED) is 0.367. The van der Waals surface area contributed by atoms with Crippen molar-refractivity contribution < 1.29 is 8.42 Å². The van der Waals surface area contributed by atoms with Gasteiger partial charge < -0.3 is 10.2 Å². The second kappa shape index (κ2) is 10.3. The normalized spacial score (nSPS) is 25.4. The van der Waals surface area contributed by atoms with E-state index in [0.29, 0.717) is 30.0 Å². The maximum atomic E-state index is 11.7. The van der Waals surface area contributed by atoms with Crippen LogP contribution in [0.25, 0.3) is 0 Å². The highest BCUT2D eigenvalue weighted by molar-refractivity contribution is 14.0. The fourth-order valence-corrected chi connectivity index (χ4v) is 5.89. The molecule has 0 radical (unpaired) electrons. The largest absolute Gasteiger partial charge is 0.354 e. The monoisotopic (exact) mass is 519 g/mol. The minimum Gasteiger partial charge on any atom is -0.354 e. The standard InChI is InChI=1S/C21H33N3O2S.HI/c1-4-17(3)23-21(22-13-18-10-12-27(25,26)15-18)24-11-9-19(14-24)20-8-6-5-7-16(20)2;/h5-8,17-19H,4,9-15H2,1-3H3,(H,22,23);1H. The third-order valence-corrected chi connectivity index (χ3v) is 7.77. The maximum absolute atomic E-state index is 11.7. The molecule has 1 aromatic carbocycles. The summed E-state index contributed by atoms with van der Waals surface area (Å²) in [5.41, 5.74) is 2.79. The van der Waals surface area contributed by atoms with Crippen LogP contribution in [0.15, 0.2) is 29.3 Å². The van der Waals surface area contributed by atoms with E-state index >= 15 is 0 Å². The number of likely N-dealkylation sites (tertiary alicyclic amines) is 1. The molecule has 2 aliphatic heterocycles. The summed E-state index contributed by atoms with van der Waals surface area (Å²) in [6.45, 7) is 9.08. The van der Waals surface area contributed by atoms with Gasteiger partial charge in [-0.05, 0) is 50.2 Å². The van der Waals surface area contributed by atoms with Gasteiger partial charge in [-0.25, -0.2) is 8.42 Å². The third-order valence-electron chi connectivity index (χ3n) is 5.93. The van der Waals surface area contributed by atoms with E-state index < -0.39 is 9.84 Å². The van der Waals surface area contributed by atoms with Crippen LogP contribution in [0.5, 0.6) is 0 Å². The molecule has 3 atom stereocenters. The highest BCUT2D eigenvalue weighted by Crippen LogP contribution is 2.29. The van der Waals surface area contributed by atoms with Crippen molar-refractivity contribution in [2.45, 2.75) is 52.0 Å². The molecular weight excluding hydrogens is 485 g/mol. The third kappa shape index (κ3) is 6.08. The Balaban J connectivity index is 0.00000280. The number of aryl methyl sites for hydroxylation is 1. The Labute approximate surface area is 187 Å². The van der Waals surface area contributed by atoms with E-state index in [9.17, 15) is 8.42 Å². The van der Waals surface area contributed by atoms with Crippen LogP contribution < -0.4 is 5.32 Å². The van der Waals surface area contributed by atoms with Gasteiger partial charge in [0.05, 0.1) is 11.5 Å². The number of nitrogens with zero attached hydrogens (tertiary/aromatic N) is 2. The van der Waals surface area contributed by atoms with E-state index in [-0.39, 0.29) is 29.9 Å². The molecule has 2 saturated heterocycles. The molecule has 2 fully saturated rings. The number of sulfone groups is 1. The van der Waals surface area contributed by atoms with Crippen molar-refractivity contribution >= 4 is 39.8 Å². The summed E-state index contributed by atoms with van der Waals surface area (Å²) in [5.74, 6) is 2.25. The van der Waals surface area contributed by atoms with Gasteiger partial charge in [0.15, 0.2) is 15.8 Å². The van der Waals surface area contributed by atoms with Crippen LogP contribution in [0.3, 0.4) is 0 Å². The second-order valence-corrected chi connectivity index (χ2v) is 10.4. The molecule has 7 heteroatoms. The molecule has 2 heterocycles. The lowest BCUT2D eigenvalue weighted by atomic mass is 9.94. The van der Waals surface area contributed by atoms with Gasteiger partial charge in [0, 0.05) is 31.6 Å². The Morgan fingerprint density at radius 2 is 2.07 bits per heavy atom. The van der Waals surface area contributed by atoms with Gasteiger partial charge in [0.2, 0.25) is 0 Å². The molecule has 3 rings (SSSR count). The molecule has 158 valence electrons. The molecule has 2 aliphatic rings. The van der Waals surface area contributed by atoms with Crippen LogP contribution in [0.4, 0.5) is 0 Å². The van der Waals surface area contributed by atoms with Crippen molar-refractivity contribution in [2.75, 3.05) is 31.1 Å². The Morgan fingerprint density at radius 1 is 1.32 bits per heavy atom. The van der Waals surface area contributed by atoms with Gasteiger partial charge in [0.25, 0.3) is 0 Å². The molecule has 0 spiro atoms. The average molecular weight is 519 g/mol. The predicted octanol–water partition coefficient (Wildman–Crippen LogP) is 3.58. The number of hydrogen-bond donors (Lipinski definition) is 1. The van der Waals surface area contributed by atoms with Gasteiger partial charge in [-0.2, -0.15) is 0 Å². The van der Waals surface area contributed by atoms with Crippen LogP contribution in [-0.2, 0) is 9.84 Å². The first-order valence-electron chi connectivity index (χ1n) is 10.2. The summed E-state index contributed by atoms with van der Waals surface area (Å²) < 4.78 is 23.4. The molecule has 0 saturated carbocycles. The lowest BCUT2D eigenvalue weighted by Crippen LogP contribution is -2.44. The van der Waals surface area contributed by atoms with E-state index in [4.69, 9.17) is 4.99 Å². The van der Waals surface area contributed by atoms with E-state index in [1.807, 2.05) is 0 Å². The summed E-state index contributed by atoms with van der Waals surface area (Å²) in [7, 11) is -2.84. The summed E-state index contributed by atoms with van der Waals surface area (Å²) in [4.78, 5) is 7.21. The number of nitrogens with one attached hydrogen (secondary N) is 1. The molecule has 0 amide bonds. The van der Waals surface area contributed by atoms with Crippen LogP contribution in [0.2, 0.25) is 0 Å². The number of rotatable bonds is 5. The Hall–Kier alpha value is -0.830. The maximum Gasteiger partial charge on any atom is 0.194 e. The van der Waals surface area contributed by atoms with Crippen molar-refractivity contribution in [2.24, 2.45) is 10.9 Å². The lowest BCUT2D eigenvalue weighted by molar-refractivity contribution is 0.462. The van der Waals surface area contributed by atoms with Gasteiger partial charge in [-0.3, -0.25) is 4.99 Å². The van der Waals surface area contributed by atoms with E-state index in [2.05, 4.69) is 55.3 Å². The summed E-state index contributed by atoms with van der Waals surface area (Å²) in [6, 6.07) is 9.00. The molecule has 1 aromatic rings. The van der Waals surface area contributed by atoms with Gasteiger partial charge >= 0.3 is 0 Å². The molecular formula is C21H34IN3O2S. The Morgan fingerprint density at radius 3 is 2.71 bits per heavy atom. The SMILES string of the molecule is CCC(C)NC(=NCC1CCS(=O)(=O)C1)N1CCC(c2ccccc2C)C1.I. The Bertz CT molecular complexity index is 782. The topological polar surface area (TPSA) is 61.8 Å². The van der Waals surface area contributed by atoms with Crippen LogP contribution >= 0.6 is 24.0 Å². The number of benzene rings is 1. The van der Waals surface area contributed by atoms with Gasteiger partial charge in [-0.15, -0.1) is 24.0 Å².